The Hall–Kier alpha value is -2.41. The van der Waals surface area contributed by atoms with Gasteiger partial charge in [0.1, 0.15) is 5.69 Å². The molecule has 3 N–H and O–H groups in total. The van der Waals surface area contributed by atoms with Crippen molar-refractivity contribution in [1.29, 1.82) is 0 Å². The first-order valence-corrected chi connectivity index (χ1v) is 9.20. The van der Waals surface area contributed by atoms with E-state index in [-0.39, 0.29) is 17.7 Å². The summed E-state index contributed by atoms with van der Waals surface area (Å²) in [6.45, 7) is 5.18. The summed E-state index contributed by atoms with van der Waals surface area (Å²) in [7, 11) is 0. The topological polar surface area (TPSA) is 88.3 Å². The van der Waals surface area contributed by atoms with Gasteiger partial charge in [-0.1, -0.05) is 17.7 Å². The lowest BCUT2D eigenvalue weighted by molar-refractivity contribution is -0.123. The Morgan fingerprint density at radius 3 is 2.64 bits per heavy atom. The number of piperidine rings is 1. The number of nitrogens with zero attached hydrogens (tertiary/aromatic N) is 2. The second kappa shape index (κ2) is 7.23. The molecule has 0 radical (unpaired) electrons. The lowest BCUT2D eigenvalue weighted by atomic mass is 9.96. The number of hydrogen-bond donors (Lipinski definition) is 2. The number of carbonyl (C=O) groups is 2. The normalized spacial score (nSPS) is 15.2. The Morgan fingerprint density at radius 1 is 1.28 bits per heavy atom. The van der Waals surface area contributed by atoms with Crippen LogP contribution in [0, 0.1) is 19.8 Å². The second-order valence-electron chi connectivity index (χ2n) is 6.45. The molecule has 0 saturated carbocycles. The maximum atomic E-state index is 12.6. The first-order valence-electron chi connectivity index (χ1n) is 8.32. The molecule has 2 heterocycles. The van der Waals surface area contributed by atoms with Crippen LogP contribution < -0.4 is 11.1 Å². The summed E-state index contributed by atoms with van der Waals surface area (Å²) in [5, 5.41) is 5.74. The monoisotopic (exact) mass is 358 g/mol. The number of anilines is 2. The Morgan fingerprint density at radius 2 is 2.00 bits per heavy atom. The van der Waals surface area contributed by atoms with E-state index in [1.54, 1.807) is 10.3 Å². The average molecular weight is 358 g/mol. The molecule has 0 unspecified atom stereocenters. The van der Waals surface area contributed by atoms with Gasteiger partial charge >= 0.3 is 0 Å². The third kappa shape index (κ3) is 3.99. The van der Waals surface area contributed by atoms with Gasteiger partial charge in [0, 0.05) is 30.1 Å². The summed E-state index contributed by atoms with van der Waals surface area (Å²) in [6.07, 6.45) is 1.25. The van der Waals surface area contributed by atoms with Gasteiger partial charge in [0.05, 0.1) is 0 Å². The number of thiazole rings is 1. The van der Waals surface area contributed by atoms with Gasteiger partial charge in [-0.3, -0.25) is 9.59 Å². The molecular formula is C18H22N4O2S. The van der Waals surface area contributed by atoms with E-state index in [4.69, 9.17) is 5.73 Å². The molecule has 3 rings (SSSR count). The summed E-state index contributed by atoms with van der Waals surface area (Å²) in [5.74, 6) is -0.491. The van der Waals surface area contributed by atoms with Crippen molar-refractivity contribution in [3.63, 3.8) is 0 Å². The number of likely N-dealkylation sites (tertiary alicyclic amines) is 1. The Labute approximate surface area is 151 Å². The Bertz CT molecular complexity index is 794. The van der Waals surface area contributed by atoms with Gasteiger partial charge in [-0.15, -0.1) is 11.3 Å². The van der Waals surface area contributed by atoms with Crippen molar-refractivity contribution in [1.82, 2.24) is 9.88 Å². The van der Waals surface area contributed by atoms with E-state index >= 15 is 0 Å². The molecule has 7 heteroatoms. The highest BCUT2D eigenvalue weighted by atomic mass is 32.1. The molecule has 25 heavy (non-hydrogen) atoms. The maximum absolute atomic E-state index is 12.6. The number of carbonyl (C=O) groups excluding carboxylic acids is 2. The molecule has 1 aromatic heterocycles. The number of nitrogens with one attached hydrogen (secondary N) is 1. The molecule has 2 aromatic rings. The van der Waals surface area contributed by atoms with Gasteiger partial charge in [-0.25, -0.2) is 4.98 Å². The first kappa shape index (κ1) is 17.4. The number of aromatic nitrogens is 1. The van der Waals surface area contributed by atoms with Crippen LogP contribution in [-0.4, -0.2) is 34.8 Å². The van der Waals surface area contributed by atoms with Crippen molar-refractivity contribution < 1.29 is 9.59 Å². The van der Waals surface area contributed by atoms with Crippen molar-refractivity contribution in [3.05, 3.63) is 40.4 Å². The largest absolute Gasteiger partial charge is 0.369 e. The highest BCUT2D eigenvalue weighted by Gasteiger charge is 2.27. The van der Waals surface area contributed by atoms with E-state index in [0.717, 1.165) is 11.3 Å². The van der Waals surface area contributed by atoms with Gasteiger partial charge < -0.3 is 16.0 Å². The zero-order valence-electron chi connectivity index (χ0n) is 14.4. The van der Waals surface area contributed by atoms with Crippen LogP contribution in [0.1, 0.15) is 34.5 Å². The SMILES string of the molecule is Cc1ccc(Nc2nc(C(=O)N3CCC(C(N)=O)CC3)cs2)c(C)c1. The molecule has 0 spiro atoms. The van der Waals surface area contributed by atoms with Crippen LogP contribution in [0.15, 0.2) is 23.6 Å². The number of rotatable bonds is 4. The van der Waals surface area contributed by atoms with E-state index in [1.165, 1.54) is 16.9 Å². The molecule has 1 saturated heterocycles. The van der Waals surface area contributed by atoms with Crippen molar-refractivity contribution in [2.75, 3.05) is 18.4 Å². The minimum absolute atomic E-state index is 0.0900. The van der Waals surface area contributed by atoms with Gasteiger partial charge in [0.15, 0.2) is 5.13 Å². The Kier molecular flexibility index (Phi) is 5.03. The number of hydrogen-bond acceptors (Lipinski definition) is 5. The van der Waals surface area contributed by atoms with Gasteiger partial charge in [-0.2, -0.15) is 0 Å². The van der Waals surface area contributed by atoms with E-state index < -0.39 is 0 Å². The van der Waals surface area contributed by atoms with E-state index in [2.05, 4.69) is 23.3 Å². The number of amides is 2. The van der Waals surface area contributed by atoms with Gasteiger partial charge in [0.25, 0.3) is 5.91 Å². The fourth-order valence-electron chi connectivity index (χ4n) is 3.03. The molecule has 1 fully saturated rings. The average Bonchev–Trinajstić information content (AvgIpc) is 3.05. The molecule has 6 nitrogen and oxygen atoms in total. The van der Waals surface area contributed by atoms with Crippen LogP contribution in [-0.2, 0) is 4.79 Å². The fraction of sp³-hybridized carbons (Fsp3) is 0.389. The van der Waals surface area contributed by atoms with Crippen LogP contribution in [0.4, 0.5) is 10.8 Å². The second-order valence-corrected chi connectivity index (χ2v) is 7.31. The van der Waals surface area contributed by atoms with Gasteiger partial charge in [-0.05, 0) is 38.3 Å². The van der Waals surface area contributed by atoms with Crippen LogP contribution >= 0.6 is 11.3 Å². The molecule has 1 aliphatic rings. The Balaban J connectivity index is 1.65. The number of benzene rings is 1. The van der Waals surface area contributed by atoms with Crippen LogP contribution in [0.2, 0.25) is 0 Å². The number of nitrogens with two attached hydrogens (primary N) is 1. The minimum Gasteiger partial charge on any atom is -0.369 e. The van der Waals surface area contributed by atoms with Gasteiger partial charge in [0.2, 0.25) is 5.91 Å². The molecule has 132 valence electrons. The molecule has 0 aliphatic carbocycles. The summed E-state index contributed by atoms with van der Waals surface area (Å²) >= 11 is 1.41. The molecule has 0 atom stereocenters. The minimum atomic E-state index is -0.277. The summed E-state index contributed by atoms with van der Waals surface area (Å²) in [4.78, 5) is 30.0. The zero-order valence-corrected chi connectivity index (χ0v) is 15.2. The van der Waals surface area contributed by atoms with Crippen molar-refractivity contribution in [2.24, 2.45) is 11.7 Å². The van der Waals surface area contributed by atoms with E-state index in [1.807, 2.05) is 19.1 Å². The first-order chi connectivity index (χ1) is 11.9. The van der Waals surface area contributed by atoms with Crippen molar-refractivity contribution >= 4 is 34.0 Å². The van der Waals surface area contributed by atoms with Crippen molar-refractivity contribution in [2.45, 2.75) is 26.7 Å². The van der Waals surface area contributed by atoms with Crippen LogP contribution in [0.25, 0.3) is 0 Å². The molecule has 0 bridgehead atoms. The molecule has 1 aromatic carbocycles. The van der Waals surface area contributed by atoms with Crippen LogP contribution in [0.5, 0.6) is 0 Å². The quantitative estimate of drug-likeness (QED) is 0.880. The van der Waals surface area contributed by atoms with Crippen LogP contribution in [0.3, 0.4) is 0 Å². The lowest BCUT2D eigenvalue weighted by Gasteiger charge is -2.30. The predicted octanol–water partition coefficient (Wildman–Crippen LogP) is 2.84. The third-order valence-electron chi connectivity index (χ3n) is 4.53. The molecule has 2 amide bonds. The standard InChI is InChI=1S/C18H22N4O2S/c1-11-3-4-14(12(2)9-11)20-18-21-15(10-25-18)17(24)22-7-5-13(6-8-22)16(19)23/h3-4,9-10,13H,5-8H2,1-2H3,(H2,19,23)(H,20,21). The zero-order chi connectivity index (χ0) is 18.0. The molecule has 1 aliphatic heterocycles. The highest BCUT2D eigenvalue weighted by molar-refractivity contribution is 7.14. The van der Waals surface area contributed by atoms with E-state index in [0.29, 0.717) is 36.8 Å². The highest BCUT2D eigenvalue weighted by Crippen LogP contribution is 2.25. The number of primary amides is 1. The van der Waals surface area contributed by atoms with E-state index in [9.17, 15) is 9.59 Å². The predicted molar refractivity (Wildman–Crippen MR) is 99.1 cm³/mol. The summed E-state index contributed by atoms with van der Waals surface area (Å²) in [6, 6.07) is 6.16. The fourth-order valence-corrected chi connectivity index (χ4v) is 3.72. The number of aryl methyl sites for hydroxylation is 2. The molecular weight excluding hydrogens is 336 g/mol. The summed E-state index contributed by atoms with van der Waals surface area (Å²) in [5.41, 5.74) is 9.11. The lowest BCUT2D eigenvalue weighted by Crippen LogP contribution is -2.41. The smallest absolute Gasteiger partial charge is 0.273 e. The summed E-state index contributed by atoms with van der Waals surface area (Å²) < 4.78 is 0. The maximum Gasteiger partial charge on any atom is 0.273 e. The van der Waals surface area contributed by atoms with Crippen molar-refractivity contribution in [3.8, 4) is 0 Å². The third-order valence-corrected chi connectivity index (χ3v) is 5.29.